The van der Waals surface area contributed by atoms with Gasteiger partial charge in [0.05, 0.1) is 34.4 Å². The minimum Gasteiger partial charge on any atom is -0.506 e. The lowest BCUT2D eigenvalue weighted by Crippen LogP contribution is -1.90. The molecule has 0 spiro atoms. The van der Waals surface area contributed by atoms with Crippen LogP contribution >= 0.6 is 43.2 Å². The van der Waals surface area contributed by atoms with Crippen molar-refractivity contribution in [3.63, 3.8) is 0 Å². The highest BCUT2D eigenvalue weighted by atomic mass is 79.9. The number of aromatic hydroxyl groups is 1. The molecule has 1 aromatic heterocycles. The van der Waals surface area contributed by atoms with Crippen LogP contribution in [0, 0.1) is 11.3 Å². The third kappa shape index (κ3) is 4.22. The Hall–Kier alpha value is -2.34. The Labute approximate surface area is 183 Å². The number of ether oxygens (including phenoxy) is 2. The van der Waals surface area contributed by atoms with E-state index < -0.39 is 0 Å². The highest BCUT2D eigenvalue weighted by molar-refractivity contribution is 9.11. The third-order valence-electron chi connectivity index (χ3n) is 3.90. The van der Waals surface area contributed by atoms with Crippen molar-refractivity contribution in [1.82, 2.24) is 4.98 Å². The van der Waals surface area contributed by atoms with Crippen LogP contribution in [0.2, 0.25) is 0 Å². The Kier molecular flexibility index (Phi) is 6.39. The van der Waals surface area contributed by atoms with E-state index in [4.69, 9.17) is 9.47 Å². The van der Waals surface area contributed by atoms with Gasteiger partial charge in [0, 0.05) is 16.5 Å². The number of methoxy groups -OCH3 is 2. The monoisotopic (exact) mass is 520 g/mol. The van der Waals surface area contributed by atoms with E-state index in [0.29, 0.717) is 36.7 Å². The van der Waals surface area contributed by atoms with Gasteiger partial charge in [-0.2, -0.15) is 5.26 Å². The summed E-state index contributed by atoms with van der Waals surface area (Å²) in [5.41, 5.74) is 2.67. The highest BCUT2D eigenvalue weighted by Crippen LogP contribution is 2.38. The van der Waals surface area contributed by atoms with Crippen LogP contribution in [0.25, 0.3) is 22.9 Å². The van der Waals surface area contributed by atoms with Crippen LogP contribution in [-0.4, -0.2) is 24.3 Å². The summed E-state index contributed by atoms with van der Waals surface area (Å²) in [6, 6.07) is 11.2. The number of aromatic nitrogens is 1. The van der Waals surface area contributed by atoms with Crippen molar-refractivity contribution in [2.45, 2.75) is 0 Å². The summed E-state index contributed by atoms with van der Waals surface area (Å²) in [5, 5.41) is 22.0. The lowest BCUT2D eigenvalue weighted by atomic mass is 10.1. The van der Waals surface area contributed by atoms with Gasteiger partial charge in [-0.05, 0) is 68.3 Å². The summed E-state index contributed by atoms with van der Waals surface area (Å²) in [5.74, 6) is 1.43. The van der Waals surface area contributed by atoms with E-state index in [0.717, 1.165) is 11.1 Å². The number of nitriles is 1. The number of phenols is 1. The van der Waals surface area contributed by atoms with E-state index in [1.807, 2.05) is 5.38 Å². The number of hydrogen-bond donors (Lipinski definition) is 1. The predicted octanol–water partition coefficient (Wildman–Crippen LogP) is 6.12. The fraction of sp³-hybridized carbons (Fsp3) is 0.100. The first-order chi connectivity index (χ1) is 13.5. The van der Waals surface area contributed by atoms with E-state index in [2.05, 4.69) is 42.9 Å². The second-order valence-corrected chi connectivity index (χ2v) is 8.17. The SMILES string of the molecule is COc1ccc(OC)c(/C=C(\C#N)c2nc(-c3cc(Br)c(O)c(Br)c3)cs2)c1. The molecule has 0 fully saturated rings. The Bertz CT molecular complexity index is 1080. The van der Waals surface area contributed by atoms with Crippen molar-refractivity contribution < 1.29 is 14.6 Å². The van der Waals surface area contributed by atoms with Gasteiger partial charge in [0.2, 0.25) is 0 Å². The zero-order valence-corrected chi connectivity index (χ0v) is 18.9. The number of nitrogens with zero attached hydrogens (tertiary/aromatic N) is 2. The molecule has 0 amide bonds. The van der Waals surface area contributed by atoms with Crippen LogP contribution < -0.4 is 9.47 Å². The predicted molar refractivity (Wildman–Crippen MR) is 118 cm³/mol. The third-order valence-corrected chi connectivity index (χ3v) is 5.99. The molecular formula is C20H14Br2N2O3S. The first-order valence-electron chi connectivity index (χ1n) is 7.95. The molecule has 0 aliphatic heterocycles. The molecule has 28 heavy (non-hydrogen) atoms. The molecule has 0 atom stereocenters. The van der Waals surface area contributed by atoms with Gasteiger partial charge in [0.15, 0.2) is 0 Å². The molecule has 3 rings (SSSR count). The maximum atomic E-state index is 9.88. The van der Waals surface area contributed by atoms with Crippen molar-refractivity contribution in [2.75, 3.05) is 14.2 Å². The number of benzene rings is 2. The fourth-order valence-corrected chi connectivity index (χ4v) is 4.47. The Morgan fingerprint density at radius 2 is 1.89 bits per heavy atom. The highest BCUT2D eigenvalue weighted by Gasteiger charge is 2.13. The average molecular weight is 522 g/mol. The standard InChI is InChI=1S/C20H14Br2N2O3S/c1-26-14-3-4-18(27-2)12(6-14)5-13(9-23)20-24-17(10-28-20)11-7-15(21)19(25)16(22)8-11/h3-8,10,25H,1-2H3/b13-5+. The first kappa shape index (κ1) is 20.4. The molecule has 142 valence electrons. The average Bonchev–Trinajstić information content (AvgIpc) is 3.19. The van der Waals surface area contributed by atoms with Gasteiger partial charge in [-0.25, -0.2) is 4.98 Å². The van der Waals surface area contributed by atoms with Gasteiger partial charge in [-0.3, -0.25) is 0 Å². The molecule has 0 aliphatic carbocycles. The van der Waals surface area contributed by atoms with Crippen LogP contribution in [0.3, 0.4) is 0 Å². The van der Waals surface area contributed by atoms with Crippen LogP contribution in [0.5, 0.6) is 17.2 Å². The number of thiazole rings is 1. The Morgan fingerprint density at radius 3 is 2.50 bits per heavy atom. The maximum absolute atomic E-state index is 9.88. The smallest absolute Gasteiger partial charge is 0.143 e. The maximum Gasteiger partial charge on any atom is 0.143 e. The molecule has 0 saturated carbocycles. The molecule has 2 aromatic carbocycles. The molecule has 0 unspecified atom stereocenters. The van der Waals surface area contributed by atoms with Gasteiger partial charge >= 0.3 is 0 Å². The summed E-state index contributed by atoms with van der Waals surface area (Å²) >= 11 is 8.02. The largest absolute Gasteiger partial charge is 0.506 e. The Balaban J connectivity index is 2.02. The molecule has 8 heteroatoms. The number of rotatable bonds is 5. The first-order valence-corrected chi connectivity index (χ1v) is 10.4. The summed E-state index contributed by atoms with van der Waals surface area (Å²) < 4.78 is 11.8. The van der Waals surface area contributed by atoms with Crippen LogP contribution in [0.15, 0.2) is 44.7 Å². The Morgan fingerprint density at radius 1 is 1.18 bits per heavy atom. The number of allylic oxidation sites excluding steroid dienone is 1. The fourth-order valence-electron chi connectivity index (χ4n) is 2.49. The number of halogens is 2. The molecule has 3 aromatic rings. The molecule has 1 N–H and O–H groups in total. The van der Waals surface area contributed by atoms with Crippen LogP contribution in [0.1, 0.15) is 10.6 Å². The van der Waals surface area contributed by atoms with Crippen molar-refractivity contribution in [2.24, 2.45) is 0 Å². The summed E-state index contributed by atoms with van der Waals surface area (Å²) in [6.07, 6.45) is 1.73. The van der Waals surface area contributed by atoms with Crippen molar-refractivity contribution >= 4 is 54.8 Å². The lowest BCUT2D eigenvalue weighted by Gasteiger charge is -2.07. The molecule has 0 saturated heterocycles. The van der Waals surface area contributed by atoms with Crippen LogP contribution in [-0.2, 0) is 0 Å². The molecule has 1 heterocycles. The van der Waals surface area contributed by atoms with Gasteiger partial charge in [0.1, 0.15) is 28.3 Å². The molecule has 0 bridgehead atoms. The normalized spacial score (nSPS) is 11.2. The zero-order valence-electron chi connectivity index (χ0n) is 14.9. The van der Waals surface area contributed by atoms with Gasteiger partial charge in [0.25, 0.3) is 0 Å². The minimum absolute atomic E-state index is 0.127. The van der Waals surface area contributed by atoms with Crippen molar-refractivity contribution in [3.8, 4) is 34.6 Å². The van der Waals surface area contributed by atoms with Gasteiger partial charge in [-0.1, -0.05) is 0 Å². The lowest BCUT2D eigenvalue weighted by molar-refractivity contribution is 0.402. The molecule has 0 radical (unpaired) electrons. The van der Waals surface area contributed by atoms with E-state index in [1.165, 1.54) is 11.3 Å². The summed E-state index contributed by atoms with van der Waals surface area (Å²) in [4.78, 5) is 4.59. The topological polar surface area (TPSA) is 75.4 Å². The van der Waals surface area contributed by atoms with E-state index >= 15 is 0 Å². The number of hydrogen-bond acceptors (Lipinski definition) is 6. The summed E-state index contributed by atoms with van der Waals surface area (Å²) in [6.45, 7) is 0. The van der Waals surface area contributed by atoms with E-state index in [9.17, 15) is 10.4 Å². The molecule has 0 aliphatic rings. The van der Waals surface area contributed by atoms with Gasteiger partial charge in [-0.15, -0.1) is 11.3 Å². The van der Waals surface area contributed by atoms with E-state index in [1.54, 1.807) is 50.6 Å². The molecular weight excluding hydrogens is 508 g/mol. The number of phenolic OH excluding ortho intramolecular Hbond substituents is 1. The second kappa shape index (κ2) is 8.78. The van der Waals surface area contributed by atoms with Crippen molar-refractivity contribution in [1.29, 1.82) is 5.26 Å². The quantitative estimate of drug-likeness (QED) is 0.409. The minimum atomic E-state index is 0.127. The van der Waals surface area contributed by atoms with E-state index in [-0.39, 0.29) is 5.75 Å². The van der Waals surface area contributed by atoms with Gasteiger partial charge < -0.3 is 14.6 Å². The second-order valence-electron chi connectivity index (χ2n) is 5.60. The zero-order chi connectivity index (χ0) is 20.3. The molecule has 5 nitrogen and oxygen atoms in total. The van der Waals surface area contributed by atoms with Crippen LogP contribution in [0.4, 0.5) is 0 Å². The summed E-state index contributed by atoms with van der Waals surface area (Å²) in [7, 11) is 3.16. The van der Waals surface area contributed by atoms with Crippen molar-refractivity contribution in [3.05, 3.63) is 55.2 Å².